The molecular formula is C15H16OPS3+. The lowest BCUT2D eigenvalue weighted by Crippen LogP contribution is -2.29. The van der Waals surface area contributed by atoms with Crippen molar-refractivity contribution < 1.29 is 5.11 Å². The first kappa shape index (κ1) is 14.4. The summed E-state index contributed by atoms with van der Waals surface area (Å²) in [6, 6.07) is 13.3. The maximum absolute atomic E-state index is 9.35. The molecule has 0 aliphatic carbocycles. The number of hydrogen-bond acceptors (Lipinski definition) is 4. The summed E-state index contributed by atoms with van der Waals surface area (Å²) >= 11 is 5.57. The van der Waals surface area contributed by atoms with E-state index < -0.39 is 7.26 Å². The number of aliphatic hydroxyl groups excluding tert-OH is 1. The van der Waals surface area contributed by atoms with E-state index in [1.54, 1.807) is 0 Å². The van der Waals surface area contributed by atoms with Crippen LogP contribution in [0.5, 0.6) is 0 Å². The summed E-state index contributed by atoms with van der Waals surface area (Å²) in [6.45, 7) is 0.268. The molecular weight excluding hydrogens is 323 g/mol. The summed E-state index contributed by atoms with van der Waals surface area (Å²) in [5, 5.41) is 15.9. The second kappa shape index (κ2) is 6.50. The average Bonchev–Trinajstić information content (AvgIpc) is 3.23. The lowest BCUT2D eigenvalue weighted by molar-refractivity contribution is 0.296. The van der Waals surface area contributed by atoms with Gasteiger partial charge in [0.05, 0.1) is 6.16 Å². The Labute approximate surface area is 131 Å². The number of rotatable bonds is 6. The zero-order valence-corrected chi connectivity index (χ0v) is 14.3. The Bertz CT molecular complexity index is 530. The lowest BCUT2D eigenvalue weighted by Gasteiger charge is -2.22. The average molecular weight is 339 g/mol. The van der Waals surface area contributed by atoms with Crippen molar-refractivity contribution in [3.05, 3.63) is 52.5 Å². The van der Waals surface area contributed by atoms with Crippen molar-refractivity contribution in [1.29, 1.82) is 0 Å². The number of hydrogen-bond donors (Lipinski definition) is 1. The van der Waals surface area contributed by atoms with Crippen LogP contribution >= 0.6 is 41.3 Å². The molecule has 0 radical (unpaired) electrons. The Morgan fingerprint density at radius 2 is 1.25 bits per heavy atom. The van der Waals surface area contributed by atoms with Crippen LogP contribution in [0.1, 0.15) is 6.42 Å². The summed E-state index contributed by atoms with van der Waals surface area (Å²) in [5.41, 5.74) is 0. The predicted molar refractivity (Wildman–Crippen MR) is 95.3 cm³/mol. The summed E-state index contributed by atoms with van der Waals surface area (Å²) in [6.07, 6.45) is 1.92. The van der Waals surface area contributed by atoms with Crippen molar-refractivity contribution in [3.8, 4) is 0 Å². The van der Waals surface area contributed by atoms with Crippen LogP contribution in [-0.2, 0) is 0 Å². The van der Waals surface area contributed by atoms with Crippen LogP contribution in [0.2, 0.25) is 0 Å². The van der Waals surface area contributed by atoms with Gasteiger partial charge >= 0.3 is 0 Å². The quantitative estimate of drug-likeness (QED) is 0.681. The van der Waals surface area contributed by atoms with Crippen molar-refractivity contribution in [3.63, 3.8) is 0 Å². The van der Waals surface area contributed by atoms with Gasteiger partial charge in [-0.05, 0) is 52.5 Å². The van der Waals surface area contributed by atoms with Gasteiger partial charge in [-0.3, -0.25) is 0 Å². The Hall–Kier alpha value is -0.510. The molecule has 1 N–H and O–H groups in total. The molecule has 0 amide bonds. The fourth-order valence-corrected chi connectivity index (χ4v) is 12.6. The van der Waals surface area contributed by atoms with Crippen molar-refractivity contribution in [2.75, 3.05) is 12.8 Å². The minimum atomic E-state index is -1.53. The van der Waals surface area contributed by atoms with Gasteiger partial charge in [0.25, 0.3) is 0 Å². The highest BCUT2D eigenvalue weighted by molar-refractivity contribution is 8.04. The van der Waals surface area contributed by atoms with E-state index in [9.17, 15) is 5.11 Å². The third-order valence-electron chi connectivity index (χ3n) is 3.30. The molecule has 0 saturated carbocycles. The highest BCUT2D eigenvalue weighted by Gasteiger charge is 2.47. The van der Waals surface area contributed by atoms with Gasteiger partial charge < -0.3 is 5.11 Å². The molecule has 1 nitrogen and oxygen atoms in total. The molecule has 0 aliphatic heterocycles. The monoisotopic (exact) mass is 339 g/mol. The van der Waals surface area contributed by atoms with Crippen LogP contribution in [0.3, 0.4) is 0 Å². The van der Waals surface area contributed by atoms with E-state index in [1.165, 1.54) is 13.9 Å². The molecule has 0 bridgehead atoms. The Balaban J connectivity index is 2.18. The number of thiophene rings is 3. The molecule has 0 spiro atoms. The zero-order chi connectivity index (χ0) is 13.8. The highest BCUT2D eigenvalue weighted by atomic mass is 32.1. The maximum atomic E-state index is 9.35. The lowest BCUT2D eigenvalue weighted by atomic mass is 10.5. The van der Waals surface area contributed by atoms with Gasteiger partial charge in [-0.1, -0.05) is 0 Å². The van der Waals surface area contributed by atoms with Gasteiger partial charge in [-0.2, -0.15) is 0 Å². The van der Waals surface area contributed by atoms with Crippen molar-refractivity contribution in [1.82, 2.24) is 0 Å². The molecule has 0 saturated heterocycles. The molecule has 0 atom stereocenters. The minimum Gasteiger partial charge on any atom is -0.396 e. The molecule has 3 aromatic heterocycles. The third-order valence-corrected chi connectivity index (χ3v) is 12.8. The van der Waals surface area contributed by atoms with Gasteiger partial charge in [0, 0.05) is 13.0 Å². The van der Waals surface area contributed by atoms with E-state index >= 15 is 0 Å². The summed E-state index contributed by atoms with van der Waals surface area (Å²) in [7, 11) is -1.53. The second-order valence-corrected chi connectivity index (χ2v) is 11.7. The molecule has 0 fully saturated rings. The van der Waals surface area contributed by atoms with Crippen molar-refractivity contribution in [2.24, 2.45) is 0 Å². The van der Waals surface area contributed by atoms with Crippen LogP contribution in [0.4, 0.5) is 0 Å². The molecule has 5 heteroatoms. The van der Waals surface area contributed by atoms with E-state index in [1.807, 2.05) is 34.0 Å². The van der Waals surface area contributed by atoms with Crippen LogP contribution in [0, 0.1) is 0 Å². The van der Waals surface area contributed by atoms with Crippen LogP contribution in [0.15, 0.2) is 52.5 Å². The Morgan fingerprint density at radius 3 is 1.55 bits per heavy atom. The van der Waals surface area contributed by atoms with Crippen LogP contribution < -0.4 is 13.9 Å². The second-order valence-electron chi connectivity index (χ2n) is 4.46. The minimum absolute atomic E-state index is 0.268. The highest BCUT2D eigenvalue weighted by Crippen LogP contribution is 2.58. The van der Waals surface area contributed by atoms with Crippen molar-refractivity contribution in [2.45, 2.75) is 6.42 Å². The Kier molecular flexibility index (Phi) is 4.69. The first-order valence-corrected chi connectivity index (χ1v) is 11.1. The van der Waals surface area contributed by atoms with Gasteiger partial charge in [0.2, 0.25) is 0 Å². The van der Waals surface area contributed by atoms with Gasteiger partial charge in [0.15, 0.2) is 13.9 Å². The molecule has 0 unspecified atom stereocenters. The maximum Gasteiger partial charge on any atom is 0.158 e. The first-order chi connectivity index (χ1) is 9.88. The summed E-state index contributed by atoms with van der Waals surface area (Å²) < 4.78 is 4.45. The summed E-state index contributed by atoms with van der Waals surface area (Å²) in [5.74, 6) is 0. The molecule has 3 rings (SSSR count). The van der Waals surface area contributed by atoms with Gasteiger partial charge in [0.1, 0.15) is 7.26 Å². The predicted octanol–water partition coefficient (Wildman–Crippen LogP) is 3.55. The molecule has 104 valence electrons. The standard InChI is InChI=1S/C15H16OPS3/c16-8-4-9-17(13-5-1-10-18-13,14-6-2-11-19-14)15-7-3-12-20-15/h1-3,5-7,10-12,16H,4,8-9H2/q+1. The molecule has 3 aromatic rings. The molecule has 20 heavy (non-hydrogen) atoms. The van der Waals surface area contributed by atoms with E-state index in [-0.39, 0.29) is 6.61 Å². The number of aliphatic hydroxyl groups is 1. The molecule has 0 aliphatic rings. The van der Waals surface area contributed by atoms with E-state index in [0.29, 0.717) is 0 Å². The van der Waals surface area contributed by atoms with Crippen LogP contribution in [-0.4, -0.2) is 17.9 Å². The third kappa shape index (κ3) is 2.51. The van der Waals surface area contributed by atoms with E-state index in [2.05, 4.69) is 52.5 Å². The van der Waals surface area contributed by atoms with Gasteiger partial charge in [-0.25, -0.2) is 0 Å². The van der Waals surface area contributed by atoms with Crippen LogP contribution in [0.25, 0.3) is 0 Å². The van der Waals surface area contributed by atoms with E-state index in [4.69, 9.17) is 0 Å². The van der Waals surface area contributed by atoms with Gasteiger partial charge in [-0.15, -0.1) is 34.0 Å². The fraction of sp³-hybridized carbons (Fsp3) is 0.200. The molecule has 3 heterocycles. The first-order valence-electron chi connectivity index (χ1n) is 6.49. The van der Waals surface area contributed by atoms with Crippen molar-refractivity contribution >= 4 is 55.1 Å². The normalized spacial score (nSPS) is 11.8. The largest absolute Gasteiger partial charge is 0.396 e. The fourth-order valence-electron chi connectivity index (χ4n) is 2.43. The topological polar surface area (TPSA) is 20.2 Å². The van der Waals surface area contributed by atoms with E-state index in [0.717, 1.165) is 12.6 Å². The Morgan fingerprint density at radius 1 is 0.800 bits per heavy atom. The summed E-state index contributed by atoms with van der Waals surface area (Å²) in [4.78, 5) is 0. The SMILES string of the molecule is OCCC[P+](c1cccs1)(c1cccs1)c1cccs1. The molecule has 0 aromatic carbocycles. The zero-order valence-electron chi connectivity index (χ0n) is 10.9. The smallest absolute Gasteiger partial charge is 0.158 e.